The quantitative estimate of drug-likeness (QED) is 0.733. The van der Waals surface area contributed by atoms with Crippen molar-refractivity contribution >= 4 is 27.5 Å². The highest BCUT2D eigenvalue weighted by molar-refractivity contribution is 7.17. The van der Waals surface area contributed by atoms with E-state index in [0.717, 1.165) is 5.52 Å². The van der Waals surface area contributed by atoms with Crippen molar-refractivity contribution in [1.29, 1.82) is 0 Å². The van der Waals surface area contributed by atoms with Crippen molar-refractivity contribution in [3.63, 3.8) is 0 Å². The number of nitrogens with zero attached hydrogens (tertiary/aromatic N) is 1. The molecule has 6 heteroatoms. The summed E-state index contributed by atoms with van der Waals surface area (Å²) in [5, 5.41) is 1.82. The third kappa shape index (κ3) is 1.64. The Morgan fingerprint density at radius 2 is 2.20 bits per heavy atom. The summed E-state index contributed by atoms with van der Waals surface area (Å²) in [6.07, 6.45) is 1.47. The van der Waals surface area contributed by atoms with E-state index in [0.29, 0.717) is 4.70 Å². The van der Waals surface area contributed by atoms with Gasteiger partial charge in [-0.1, -0.05) is 0 Å². The molecule has 80 valence electrons. The molecule has 2 aromatic rings. The zero-order chi connectivity index (χ0) is 10.3. The molecule has 5 nitrogen and oxygen atoms in total. The fourth-order valence-electron chi connectivity index (χ4n) is 1.37. The third-order valence-electron chi connectivity index (χ3n) is 2.06. The summed E-state index contributed by atoms with van der Waals surface area (Å²) in [5.74, 6) is -0.680. The number of fused-ring (bicyclic) bond motifs is 1. The van der Waals surface area contributed by atoms with Gasteiger partial charge in [0.1, 0.15) is 5.56 Å². The Kier molecular flexibility index (Phi) is 2.92. The van der Waals surface area contributed by atoms with E-state index in [4.69, 9.17) is 5.73 Å². The van der Waals surface area contributed by atoms with Crippen LogP contribution in [0.15, 0.2) is 22.4 Å². The van der Waals surface area contributed by atoms with Gasteiger partial charge in [0.25, 0.3) is 5.91 Å². The Bertz CT molecular complexity index is 570. The Labute approximate surface area is 89.1 Å². The van der Waals surface area contributed by atoms with Crippen LogP contribution >= 0.6 is 11.3 Å². The van der Waals surface area contributed by atoms with Crippen molar-refractivity contribution < 1.29 is 10.3 Å². The highest BCUT2D eigenvalue weighted by Crippen LogP contribution is 2.16. The van der Waals surface area contributed by atoms with Crippen LogP contribution in [-0.4, -0.2) is 16.0 Å². The Balaban J connectivity index is 0.00000112. The van der Waals surface area contributed by atoms with Gasteiger partial charge in [-0.05, 0) is 11.4 Å². The topological polar surface area (TPSA) is 96.6 Å². The summed E-state index contributed by atoms with van der Waals surface area (Å²) in [7, 11) is 1.78. The Hall–Kier alpha value is -1.66. The lowest BCUT2D eigenvalue weighted by Crippen LogP contribution is -2.22. The molecular weight excluding hydrogens is 216 g/mol. The average Bonchev–Trinajstić information content (AvgIpc) is 2.59. The van der Waals surface area contributed by atoms with E-state index < -0.39 is 5.91 Å². The predicted octanol–water partition coefficient (Wildman–Crippen LogP) is -0.126. The number of pyridine rings is 1. The second-order valence-electron chi connectivity index (χ2n) is 2.98. The SMILES string of the molecule is Cn1cc(C(N)=O)c(=O)c2sccc21.O. The molecule has 0 fully saturated rings. The van der Waals surface area contributed by atoms with Gasteiger partial charge in [-0.15, -0.1) is 11.3 Å². The minimum atomic E-state index is -0.680. The number of carbonyl (C=O) groups excluding carboxylic acids is 1. The number of primary amides is 1. The number of hydrogen-bond donors (Lipinski definition) is 1. The number of carbonyl (C=O) groups is 1. The molecular formula is C9H10N2O3S. The molecule has 15 heavy (non-hydrogen) atoms. The van der Waals surface area contributed by atoms with Crippen molar-refractivity contribution in [3.05, 3.63) is 33.4 Å². The largest absolute Gasteiger partial charge is 0.412 e. The summed E-state index contributed by atoms with van der Waals surface area (Å²) in [6, 6.07) is 1.84. The van der Waals surface area contributed by atoms with Gasteiger partial charge in [0.15, 0.2) is 0 Å². The van der Waals surface area contributed by atoms with Gasteiger partial charge < -0.3 is 15.8 Å². The fourth-order valence-corrected chi connectivity index (χ4v) is 2.25. The molecule has 0 spiro atoms. The van der Waals surface area contributed by atoms with Gasteiger partial charge in [-0.3, -0.25) is 9.59 Å². The number of nitrogens with two attached hydrogens (primary N) is 1. The molecule has 0 radical (unpaired) electrons. The van der Waals surface area contributed by atoms with Gasteiger partial charge in [0, 0.05) is 13.2 Å². The molecule has 0 bridgehead atoms. The van der Waals surface area contributed by atoms with Crippen molar-refractivity contribution in [2.24, 2.45) is 12.8 Å². The zero-order valence-electron chi connectivity index (χ0n) is 7.98. The molecule has 2 heterocycles. The lowest BCUT2D eigenvalue weighted by atomic mass is 10.2. The summed E-state index contributed by atoms with van der Waals surface area (Å²) in [4.78, 5) is 22.6. The number of hydrogen-bond acceptors (Lipinski definition) is 3. The summed E-state index contributed by atoms with van der Waals surface area (Å²) in [5.41, 5.74) is 5.69. The Morgan fingerprint density at radius 1 is 1.53 bits per heavy atom. The first-order valence-electron chi connectivity index (χ1n) is 3.98. The minimum Gasteiger partial charge on any atom is -0.412 e. The van der Waals surface area contributed by atoms with Crippen molar-refractivity contribution in [1.82, 2.24) is 4.57 Å². The smallest absolute Gasteiger partial charge is 0.254 e. The van der Waals surface area contributed by atoms with Gasteiger partial charge in [-0.25, -0.2) is 0 Å². The van der Waals surface area contributed by atoms with Crippen LogP contribution in [0, 0.1) is 0 Å². The highest BCUT2D eigenvalue weighted by Gasteiger charge is 2.11. The van der Waals surface area contributed by atoms with E-state index in [1.165, 1.54) is 17.5 Å². The van der Waals surface area contributed by atoms with E-state index in [1.807, 2.05) is 11.4 Å². The molecule has 0 saturated heterocycles. The van der Waals surface area contributed by atoms with Crippen LogP contribution in [0.3, 0.4) is 0 Å². The average molecular weight is 226 g/mol. The van der Waals surface area contributed by atoms with Crippen molar-refractivity contribution in [2.45, 2.75) is 0 Å². The van der Waals surface area contributed by atoms with Crippen molar-refractivity contribution in [2.75, 3.05) is 0 Å². The third-order valence-corrected chi connectivity index (χ3v) is 2.97. The van der Waals surface area contributed by atoms with E-state index in [1.54, 1.807) is 11.6 Å². The molecule has 0 aliphatic rings. The molecule has 0 saturated carbocycles. The monoisotopic (exact) mass is 226 g/mol. The van der Waals surface area contributed by atoms with E-state index >= 15 is 0 Å². The van der Waals surface area contributed by atoms with Crippen LogP contribution < -0.4 is 11.2 Å². The summed E-state index contributed by atoms with van der Waals surface area (Å²) in [6.45, 7) is 0. The van der Waals surface area contributed by atoms with Crippen LogP contribution in [0.4, 0.5) is 0 Å². The summed E-state index contributed by atoms with van der Waals surface area (Å²) >= 11 is 1.32. The Morgan fingerprint density at radius 3 is 2.80 bits per heavy atom. The number of thiophene rings is 1. The first kappa shape index (κ1) is 11.4. The van der Waals surface area contributed by atoms with Gasteiger partial charge in [0.05, 0.1) is 10.2 Å². The van der Waals surface area contributed by atoms with Crippen LogP contribution in [-0.2, 0) is 7.05 Å². The number of rotatable bonds is 1. The highest BCUT2D eigenvalue weighted by atomic mass is 32.1. The molecule has 2 rings (SSSR count). The molecule has 0 atom stereocenters. The fraction of sp³-hybridized carbons (Fsp3) is 0.111. The number of aryl methyl sites for hydroxylation is 1. The minimum absolute atomic E-state index is 0. The van der Waals surface area contributed by atoms with Crippen molar-refractivity contribution in [3.8, 4) is 0 Å². The first-order chi connectivity index (χ1) is 6.61. The molecule has 1 amide bonds. The summed E-state index contributed by atoms with van der Waals surface area (Å²) < 4.78 is 2.30. The second kappa shape index (κ2) is 3.84. The van der Waals surface area contributed by atoms with Crippen LogP contribution in [0.2, 0.25) is 0 Å². The standard InChI is InChI=1S/C9H8N2O2S.H2O/c1-11-4-5(9(10)13)7(12)8-6(11)2-3-14-8;/h2-4H,1H3,(H2,10,13);1H2. The first-order valence-corrected chi connectivity index (χ1v) is 4.86. The molecule has 4 N–H and O–H groups in total. The van der Waals surface area contributed by atoms with E-state index in [2.05, 4.69) is 0 Å². The molecule has 0 unspecified atom stereocenters. The second-order valence-corrected chi connectivity index (χ2v) is 3.90. The maximum atomic E-state index is 11.7. The molecule has 0 aromatic carbocycles. The molecule has 0 aliphatic heterocycles. The zero-order valence-corrected chi connectivity index (χ0v) is 8.80. The van der Waals surface area contributed by atoms with Crippen LogP contribution in [0.1, 0.15) is 10.4 Å². The number of aromatic nitrogens is 1. The van der Waals surface area contributed by atoms with Gasteiger partial charge in [0.2, 0.25) is 5.43 Å². The molecule has 0 aliphatic carbocycles. The normalized spacial score (nSPS) is 9.93. The van der Waals surface area contributed by atoms with E-state index in [9.17, 15) is 9.59 Å². The van der Waals surface area contributed by atoms with Crippen LogP contribution in [0.25, 0.3) is 10.2 Å². The lowest BCUT2D eigenvalue weighted by molar-refractivity contribution is 0.0999. The maximum absolute atomic E-state index is 11.7. The van der Waals surface area contributed by atoms with Gasteiger partial charge >= 0.3 is 0 Å². The number of amides is 1. The predicted molar refractivity (Wildman–Crippen MR) is 59.2 cm³/mol. The molecule has 2 aromatic heterocycles. The lowest BCUT2D eigenvalue weighted by Gasteiger charge is -2.02. The van der Waals surface area contributed by atoms with Gasteiger partial charge in [-0.2, -0.15) is 0 Å². The van der Waals surface area contributed by atoms with Crippen LogP contribution in [0.5, 0.6) is 0 Å². The maximum Gasteiger partial charge on any atom is 0.254 e. The van der Waals surface area contributed by atoms with E-state index in [-0.39, 0.29) is 16.5 Å².